The van der Waals surface area contributed by atoms with Crippen molar-refractivity contribution in [1.29, 1.82) is 0 Å². The van der Waals surface area contributed by atoms with E-state index in [-0.39, 0.29) is 0 Å². The van der Waals surface area contributed by atoms with Crippen molar-refractivity contribution in [1.82, 2.24) is 20.0 Å². The number of aromatic amines is 1. The quantitative estimate of drug-likeness (QED) is 0.762. The Morgan fingerprint density at radius 1 is 1.57 bits per heavy atom. The van der Waals surface area contributed by atoms with Gasteiger partial charge in [0.15, 0.2) is 0 Å². The van der Waals surface area contributed by atoms with Gasteiger partial charge in [-0.25, -0.2) is 0 Å². The molecule has 0 amide bonds. The van der Waals surface area contributed by atoms with Crippen LogP contribution < -0.4 is 5.32 Å². The van der Waals surface area contributed by atoms with Gasteiger partial charge in [-0.05, 0) is 13.0 Å². The van der Waals surface area contributed by atoms with Gasteiger partial charge in [-0.15, -0.1) is 0 Å². The Labute approximate surface area is 82.1 Å². The van der Waals surface area contributed by atoms with E-state index in [0.717, 1.165) is 23.8 Å². The summed E-state index contributed by atoms with van der Waals surface area (Å²) in [6.07, 6.45) is 1.74. The van der Waals surface area contributed by atoms with Gasteiger partial charge >= 0.3 is 0 Å². The van der Waals surface area contributed by atoms with E-state index < -0.39 is 0 Å². The second-order valence-electron chi connectivity index (χ2n) is 3.23. The minimum absolute atomic E-state index is 0.719. The summed E-state index contributed by atoms with van der Waals surface area (Å²) in [5.41, 5.74) is 2.19. The third-order valence-corrected chi connectivity index (χ3v) is 2.13. The zero-order valence-electron chi connectivity index (χ0n) is 8.28. The van der Waals surface area contributed by atoms with E-state index in [0.29, 0.717) is 0 Å². The summed E-state index contributed by atoms with van der Waals surface area (Å²) in [7, 11) is 1.93. The molecule has 2 aromatic rings. The van der Waals surface area contributed by atoms with Crippen LogP contribution in [0, 0.1) is 6.92 Å². The molecule has 0 aliphatic heterocycles. The third-order valence-electron chi connectivity index (χ3n) is 2.13. The first-order chi connectivity index (χ1) is 6.75. The monoisotopic (exact) mass is 191 g/mol. The van der Waals surface area contributed by atoms with E-state index in [9.17, 15) is 0 Å². The molecule has 2 heterocycles. The Balaban J connectivity index is 1.98. The second-order valence-corrected chi connectivity index (χ2v) is 3.23. The van der Waals surface area contributed by atoms with Crippen LogP contribution in [0.4, 0.5) is 5.82 Å². The maximum Gasteiger partial charge on any atom is 0.148 e. The number of anilines is 1. The Kier molecular flexibility index (Phi) is 2.22. The predicted octanol–water partition coefficient (Wildman–Crippen LogP) is 1.06. The zero-order chi connectivity index (χ0) is 9.97. The van der Waals surface area contributed by atoms with Crippen LogP contribution in [0.15, 0.2) is 18.3 Å². The van der Waals surface area contributed by atoms with Crippen molar-refractivity contribution in [3.8, 4) is 0 Å². The molecule has 0 aliphatic carbocycles. The molecular weight excluding hydrogens is 178 g/mol. The van der Waals surface area contributed by atoms with Crippen LogP contribution in [0.1, 0.15) is 11.4 Å². The van der Waals surface area contributed by atoms with E-state index in [1.165, 1.54) is 0 Å². The smallest absolute Gasteiger partial charge is 0.148 e. The van der Waals surface area contributed by atoms with Gasteiger partial charge < -0.3 is 5.32 Å². The van der Waals surface area contributed by atoms with Crippen molar-refractivity contribution in [2.75, 3.05) is 5.32 Å². The molecule has 0 fully saturated rings. The van der Waals surface area contributed by atoms with Crippen LogP contribution in [-0.2, 0) is 13.6 Å². The molecule has 14 heavy (non-hydrogen) atoms. The number of nitrogens with zero attached hydrogens (tertiary/aromatic N) is 3. The molecule has 5 heteroatoms. The average molecular weight is 191 g/mol. The number of hydrogen-bond donors (Lipinski definition) is 2. The average Bonchev–Trinajstić information content (AvgIpc) is 2.74. The SMILES string of the molecule is Cc1cc(NCc2ccn[nH]2)nn1C. The van der Waals surface area contributed by atoms with Gasteiger partial charge in [0.05, 0.1) is 12.2 Å². The van der Waals surface area contributed by atoms with Gasteiger partial charge in [-0.3, -0.25) is 9.78 Å². The van der Waals surface area contributed by atoms with Crippen molar-refractivity contribution < 1.29 is 0 Å². The predicted molar refractivity (Wildman–Crippen MR) is 53.9 cm³/mol. The molecule has 2 rings (SSSR count). The minimum Gasteiger partial charge on any atom is -0.363 e. The molecule has 0 aliphatic rings. The van der Waals surface area contributed by atoms with E-state index >= 15 is 0 Å². The Bertz CT molecular complexity index is 381. The maximum absolute atomic E-state index is 4.28. The number of hydrogen-bond acceptors (Lipinski definition) is 3. The van der Waals surface area contributed by atoms with Crippen LogP contribution in [0.5, 0.6) is 0 Å². The van der Waals surface area contributed by atoms with Gasteiger partial charge in [-0.1, -0.05) is 0 Å². The van der Waals surface area contributed by atoms with Gasteiger partial charge in [-0.2, -0.15) is 10.2 Å². The molecule has 2 N–H and O–H groups in total. The third kappa shape index (κ3) is 1.76. The Morgan fingerprint density at radius 3 is 3.00 bits per heavy atom. The van der Waals surface area contributed by atoms with Crippen LogP contribution in [-0.4, -0.2) is 20.0 Å². The van der Waals surface area contributed by atoms with Crippen molar-refractivity contribution in [3.63, 3.8) is 0 Å². The zero-order valence-corrected chi connectivity index (χ0v) is 8.28. The molecule has 5 nitrogen and oxygen atoms in total. The fourth-order valence-electron chi connectivity index (χ4n) is 1.22. The van der Waals surface area contributed by atoms with E-state index in [1.54, 1.807) is 6.20 Å². The largest absolute Gasteiger partial charge is 0.363 e. The highest BCUT2D eigenvalue weighted by molar-refractivity contribution is 5.35. The molecule has 74 valence electrons. The summed E-state index contributed by atoms with van der Waals surface area (Å²) in [5.74, 6) is 0.889. The normalized spacial score (nSPS) is 10.4. The molecule has 0 atom stereocenters. The fourth-order valence-corrected chi connectivity index (χ4v) is 1.22. The van der Waals surface area contributed by atoms with Crippen LogP contribution in [0.3, 0.4) is 0 Å². The molecule has 0 aromatic carbocycles. The highest BCUT2D eigenvalue weighted by Crippen LogP contribution is 2.07. The first kappa shape index (κ1) is 8.80. The van der Waals surface area contributed by atoms with Crippen LogP contribution in [0.2, 0.25) is 0 Å². The first-order valence-electron chi connectivity index (χ1n) is 4.48. The summed E-state index contributed by atoms with van der Waals surface area (Å²) in [6, 6.07) is 3.94. The molecule has 0 radical (unpaired) electrons. The lowest BCUT2D eigenvalue weighted by molar-refractivity contribution is 0.740. The Hall–Kier alpha value is -1.78. The van der Waals surface area contributed by atoms with Crippen molar-refractivity contribution in [3.05, 3.63) is 29.7 Å². The summed E-state index contributed by atoms with van der Waals surface area (Å²) in [6.45, 7) is 2.74. The number of rotatable bonds is 3. The van der Waals surface area contributed by atoms with E-state index in [1.807, 2.05) is 30.8 Å². The molecule has 0 saturated heterocycles. The lowest BCUT2D eigenvalue weighted by atomic mass is 10.4. The van der Waals surface area contributed by atoms with Crippen molar-refractivity contribution >= 4 is 5.82 Å². The molecule has 0 bridgehead atoms. The molecule has 0 unspecified atom stereocenters. The lowest BCUT2D eigenvalue weighted by Crippen LogP contribution is -2.01. The topological polar surface area (TPSA) is 58.5 Å². The standard InChI is InChI=1S/C9H13N5/c1-7-5-9(13-14(7)2)10-6-8-3-4-11-12-8/h3-5H,6H2,1-2H3,(H,10,13)(H,11,12). The fraction of sp³-hybridized carbons (Fsp3) is 0.333. The van der Waals surface area contributed by atoms with Crippen LogP contribution >= 0.6 is 0 Å². The number of aromatic nitrogens is 4. The van der Waals surface area contributed by atoms with Gasteiger partial charge in [0.25, 0.3) is 0 Å². The van der Waals surface area contributed by atoms with Crippen LogP contribution in [0.25, 0.3) is 0 Å². The molecule has 0 saturated carbocycles. The number of H-pyrrole nitrogens is 1. The molecule has 0 spiro atoms. The maximum atomic E-state index is 4.28. The highest BCUT2D eigenvalue weighted by Gasteiger charge is 2.00. The highest BCUT2D eigenvalue weighted by atomic mass is 15.3. The van der Waals surface area contributed by atoms with E-state index in [2.05, 4.69) is 20.6 Å². The van der Waals surface area contributed by atoms with Gasteiger partial charge in [0, 0.05) is 25.0 Å². The van der Waals surface area contributed by atoms with Gasteiger partial charge in [0.2, 0.25) is 0 Å². The summed E-state index contributed by atoms with van der Waals surface area (Å²) >= 11 is 0. The Morgan fingerprint density at radius 2 is 2.43 bits per heavy atom. The first-order valence-corrected chi connectivity index (χ1v) is 4.48. The molecular formula is C9H13N5. The summed E-state index contributed by atoms with van der Waals surface area (Å²) in [5, 5.41) is 14.2. The number of nitrogens with one attached hydrogen (secondary N) is 2. The summed E-state index contributed by atoms with van der Waals surface area (Å²) in [4.78, 5) is 0. The number of aryl methyl sites for hydroxylation is 2. The lowest BCUT2D eigenvalue weighted by Gasteiger charge is -1.98. The van der Waals surface area contributed by atoms with Crippen molar-refractivity contribution in [2.45, 2.75) is 13.5 Å². The van der Waals surface area contributed by atoms with E-state index in [4.69, 9.17) is 0 Å². The minimum atomic E-state index is 0.719. The molecule has 2 aromatic heterocycles. The van der Waals surface area contributed by atoms with Crippen molar-refractivity contribution in [2.24, 2.45) is 7.05 Å². The second kappa shape index (κ2) is 3.53. The van der Waals surface area contributed by atoms with Gasteiger partial charge in [0.1, 0.15) is 5.82 Å². The summed E-state index contributed by atoms with van der Waals surface area (Å²) < 4.78 is 1.84.